The van der Waals surface area contributed by atoms with E-state index in [-0.39, 0.29) is 24.5 Å². The maximum atomic E-state index is 12.9. The molecular formula is C25H27N3O4. The third kappa shape index (κ3) is 5.06. The van der Waals surface area contributed by atoms with Gasteiger partial charge in [0.15, 0.2) is 0 Å². The van der Waals surface area contributed by atoms with Crippen LogP contribution < -0.4 is 10.6 Å². The van der Waals surface area contributed by atoms with Crippen LogP contribution >= 0.6 is 0 Å². The van der Waals surface area contributed by atoms with Crippen LogP contribution in [0.15, 0.2) is 54.6 Å². The van der Waals surface area contributed by atoms with Crippen molar-refractivity contribution in [1.29, 1.82) is 0 Å². The summed E-state index contributed by atoms with van der Waals surface area (Å²) in [5, 5.41) is 5.82. The molecule has 32 heavy (non-hydrogen) atoms. The monoisotopic (exact) mass is 433 g/mol. The molecule has 0 saturated carbocycles. The molecule has 166 valence electrons. The van der Waals surface area contributed by atoms with Gasteiger partial charge in [0.05, 0.1) is 18.2 Å². The molecule has 0 fully saturated rings. The molecule has 0 spiro atoms. The first-order valence-corrected chi connectivity index (χ1v) is 10.4. The first kappa shape index (κ1) is 22.8. The van der Waals surface area contributed by atoms with Crippen molar-refractivity contribution in [2.75, 3.05) is 11.9 Å². The minimum atomic E-state index is -0.451. The van der Waals surface area contributed by atoms with Crippen LogP contribution in [-0.2, 0) is 4.74 Å². The lowest BCUT2D eigenvalue weighted by molar-refractivity contribution is 0.0525. The van der Waals surface area contributed by atoms with E-state index in [1.54, 1.807) is 51.1 Å². The molecule has 0 aliphatic heterocycles. The van der Waals surface area contributed by atoms with Crippen molar-refractivity contribution in [3.8, 4) is 0 Å². The van der Waals surface area contributed by atoms with Gasteiger partial charge in [-0.2, -0.15) is 0 Å². The fraction of sp³-hybridized carbons (Fsp3) is 0.240. The number of benzene rings is 2. The molecule has 3 N–H and O–H groups in total. The fourth-order valence-electron chi connectivity index (χ4n) is 3.52. The van der Waals surface area contributed by atoms with Gasteiger partial charge in [-0.1, -0.05) is 30.3 Å². The van der Waals surface area contributed by atoms with Gasteiger partial charge >= 0.3 is 5.97 Å². The third-order valence-electron chi connectivity index (χ3n) is 5.17. The number of hydrogen-bond donors (Lipinski definition) is 3. The maximum Gasteiger partial charge on any atom is 0.340 e. The molecule has 2 amide bonds. The average molecular weight is 434 g/mol. The Kier molecular flexibility index (Phi) is 7.10. The Morgan fingerprint density at radius 1 is 1.00 bits per heavy atom. The Bertz CT molecular complexity index is 1140. The van der Waals surface area contributed by atoms with Crippen molar-refractivity contribution in [1.82, 2.24) is 10.3 Å². The van der Waals surface area contributed by atoms with Crippen molar-refractivity contribution in [3.05, 3.63) is 88.2 Å². The molecule has 0 aliphatic carbocycles. The first-order chi connectivity index (χ1) is 15.3. The number of anilines is 1. The zero-order valence-corrected chi connectivity index (χ0v) is 18.6. The number of aromatic nitrogens is 1. The molecule has 1 atom stereocenters. The van der Waals surface area contributed by atoms with Crippen LogP contribution in [0.2, 0.25) is 0 Å². The fourth-order valence-corrected chi connectivity index (χ4v) is 3.52. The maximum absolute atomic E-state index is 12.9. The number of carbonyl (C=O) groups is 3. The minimum Gasteiger partial charge on any atom is -0.462 e. The van der Waals surface area contributed by atoms with Gasteiger partial charge in [-0.25, -0.2) is 4.79 Å². The van der Waals surface area contributed by atoms with Crippen LogP contribution in [0.5, 0.6) is 0 Å². The largest absolute Gasteiger partial charge is 0.462 e. The Morgan fingerprint density at radius 2 is 1.72 bits per heavy atom. The summed E-state index contributed by atoms with van der Waals surface area (Å²) in [6.45, 7) is 7.31. The van der Waals surface area contributed by atoms with Crippen LogP contribution in [0.1, 0.15) is 67.9 Å². The molecule has 3 aromatic rings. The molecule has 7 nitrogen and oxygen atoms in total. The quantitative estimate of drug-likeness (QED) is 0.476. The van der Waals surface area contributed by atoms with Gasteiger partial charge in [0.25, 0.3) is 11.8 Å². The van der Waals surface area contributed by atoms with Crippen LogP contribution in [0.4, 0.5) is 5.69 Å². The van der Waals surface area contributed by atoms with E-state index in [1.165, 1.54) is 0 Å². The van der Waals surface area contributed by atoms with Crippen molar-refractivity contribution < 1.29 is 19.1 Å². The van der Waals surface area contributed by atoms with E-state index in [4.69, 9.17) is 4.74 Å². The van der Waals surface area contributed by atoms with Crippen molar-refractivity contribution in [3.63, 3.8) is 0 Å². The number of carbonyl (C=O) groups excluding carboxylic acids is 3. The van der Waals surface area contributed by atoms with E-state index in [0.29, 0.717) is 33.8 Å². The normalized spacial score (nSPS) is 11.5. The molecule has 1 aromatic heterocycles. The number of hydrogen-bond acceptors (Lipinski definition) is 4. The molecule has 7 heteroatoms. The Morgan fingerprint density at radius 3 is 2.41 bits per heavy atom. The van der Waals surface area contributed by atoms with E-state index >= 15 is 0 Å². The highest BCUT2D eigenvalue weighted by Gasteiger charge is 2.23. The topological polar surface area (TPSA) is 100 Å². The zero-order chi connectivity index (χ0) is 23.3. The summed E-state index contributed by atoms with van der Waals surface area (Å²) in [5.41, 5.74) is 3.87. The standard InChI is InChI=1S/C25H27N3O4/c1-5-32-25(31)21-15(2)22(26-17(21)4)24(30)27-16(3)19-12-9-13-20(14-19)28-23(29)18-10-7-6-8-11-18/h6-14,16,26H,5H2,1-4H3,(H,27,30)(H,28,29). The molecule has 0 bridgehead atoms. The Labute approximate surface area is 187 Å². The van der Waals surface area contributed by atoms with E-state index in [2.05, 4.69) is 15.6 Å². The average Bonchev–Trinajstić information content (AvgIpc) is 3.08. The number of ether oxygens (including phenoxy) is 1. The summed E-state index contributed by atoms with van der Waals surface area (Å²) in [4.78, 5) is 40.5. The minimum absolute atomic E-state index is 0.205. The number of amides is 2. The Balaban J connectivity index is 1.72. The summed E-state index contributed by atoms with van der Waals surface area (Å²) in [5.74, 6) is -0.983. The molecule has 1 unspecified atom stereocenters. The number of H-pyrrole nitrogens is 1. The van der Waals surface area contributed by atoms with Gasteiger partial charge in [-0.3, -0.25) is 9.59 Å². The predicted molar refractivity (Wildman–Crippen MR) is 123 cm³/mol. The second-order valence-electron chi connectivity index (χ2n) is 7.49. The molecule has 3 rings (SSSR count). The van der Waals surface area contributed by atoms with Gasteiger partial charge < -0.3 is 20.4 Å². The second-order valence-corrected chi connectivity index (χ2v) is 7.49. The number of aromatic amines is 1. The lowest BCUT2D eigenvalue weighted by Crippen LogP contribution is -2.27. The SMILES string of the molecule is CCOC(=O)c1c(C)[nH]c(C(=O)NC(C)c2cccc(NC(=O)c3ccccc3)c2)c1C. The summed E-state index contributed by atoms with van der Waals surface area (Å²) in [7, 11) is 0. The van der Waals surface area contributed by atoms with Gasteiger partial charge in [-0.05, 0) is 63.1 Å². The highest BCUT2D eigenvalue weighted by molar-refractivity contribution is 6.04. The molecular weight excluding hydrogens is 406 g/mol. The lowest BCUT2D eigenvalue weighted by atomic mass is 10.1. The predicted octanol–water partition coefficient (Wildman–Crippen LogP) is 4.55. The van der Waals surface area contributed by atoms with Crippen LogP contribution in [-0.4, -0.2) is 29.4 Å². The van der Waals surface area contributed by atoms with Gasteiger partial charge in [0.1, 0.15) is 5.69 Å². The lowest BCUT2D eigenvalue weighted by Gasteiger charge is -2.16. The molecule has 2 aromatic carbocycles. The van der Waals surface area contributed by atoms with Gasteiger partial charge in [0, 0.05) is 16.9 Å². The highest BCUT2D eigenvalue weighted by Crippen LogP contribution is 2.22. The summed E-state index contributed by atoms with van der Waals surface area (Å²) < 4.78 is 5.08. The first-order valence-electron chi connectivity index (χ1n) is 10.4. The number of esters is 1. The molecule has 0 aliphatic rings. The van der Waals surface area contributed by atoms with E-state index in [0.717, 1.165) is 5.56 Å². The third-order valence-corrected chi connectivity index (χ3v) is 5.17. The smallest absolute Gasteiger partial charge is 0.340 e. The summed E-state index contributed by atoms with van der Waals surface area (Å²) in [6.07, 6.45) is 0. The number of rotatable bonds is 7. The summed E-state index contributed by atoms with van der Waals surface area (Å²) in [6, 6.07) is 15.9. The number of nitrogens with one attached hydrogen (secondary N) is 3. The Hall–Kier alpha value is -3.87. The number of aryl methyl sites for hydroxylation is 1. The van der Waals surface area contributed by atoms with E-state index in [9.17, 15) is 14.4 Å². The molecule has 0 saturated heterocycles. The second kappa shape index (κ2) is 9.96. The molecule has 1 heterocycles. The van der Waals surface area contributed by atoms with Crippen molar-refractivity contribution in [2.24, 2.45) is 0 Å². The highest BCUT2D eigenvalue weighted by atomic mass is 16.5. The van der Waals surface area contributed by atoms with E-state index < -0.39 is 5.97 Å². The summed E-state index contributed by atoms with van der Waals surface area (Å²) >= 11 is 0. The van der Waals surface area contributed by atoms with E-state index in [1.807, 2.05) is 31.2 Å². The van der Waals surface area contributed by atoms with Crippen molar-refractivity contribution in [2.45, 2.75) is 33.7 Å². The van der Waals surface area contributed by atoms with Gasteiger partial charge in [-0.15, -0.1) is 0 Å². The van der Waals surface area contributed by atoms with Crippen molar-refractivity contribution >= 4 is 23.5 Å². The molecule has 0 radical (unpaired) electrons. The van der Waals surface area contributed by atoms with Crippen LogP contribution in [0, 0.1) is 13.8 Å². The van der Waals surface area contributed by atoms with Crippen LogP contribution in [0.3, 0.4) is 0 Å². The van der Waals surface area contributed by atoms with Gasteiger partial charge in [0.2, 0.25) is 0 Å². The van der Waals surface area contributed by atoms with Crippen LogP contribution in [0.25, 0.3) is 0 Å². The zero-order valence-electron chi connectivity index (χ0n) is 18.6.